The first-order chi connectivity index (χ1) is 8.79. The first-order valence-corrected chi connectivity index (χ1v) is 6.65. The molecule has 0 spiro atoms. The maximum atomic E-state index is 5.83. The van der Waals surface area contributed by atoms with Crippen LogP contribution in [0.4, 0.5) is 0 Å². The summed E-state index contributed by atoms with van der Waals surface area (Å²) in [7, 11) is 1.71. The van der Waals surface area contributed by atoms with Crippen LogP contribution < -0.4 is 5.32 Å². The third kappa shape index (κ3) is 3.80. The molecule has 5 heteroatoms. The molecular formula is C13H23N3O2. The summed E-state index contributed by atoms with van der Waals surface area (Å²) in [5.74, 6) is 0. The van der Waals surface area contributed by atoms with Crippen LogP contribution in [0.3, 0.4) is 0 Å². The van der Waals surface area contributed by atoms with Crippen molar-refractivity contribution in [2.75, 3.05) is 20.3 Å². The van der Waals surface area contributed by atoms with E-state index in [1.54, 1.807) is 7.11 Å². The van der Waals surface area contributed by atoms with Gasteiger partial charge in [0, 0.05) is 26.4 Å². The van der Waals surface area contributed by atoms with Crippen LogP contribution in [-0.2, 0) is 22.6 Å². The van der Waals surface area contributed by atoms with Crippen molar-refractivity contribution in [1.29, 1.82) is 0 Å². The van der Waals surface area contributed by atoms with Gasteiger partial charge < -0.3 is 14.8 Å². The summed E-state index contributed by atoms with van der Waals surface area (Å²) in [6.07, 6.45) is 4.86. The summed E-state index contributed by atoms with van der Waals surface area (Å²) in [6.45, 7) is 5.41. The van der Waals surface area contributed by atoms with Crippen molar-refractivity contribution in [1.82, 2.24) is 15.1 Å². The second-order valence-corrected chi connectivity index (χ2v) is 4.82. The first-order valence-electron chi connectivity index (χ1n) is 6.65. The Morgan fingerprint density at radius 3 is 3.17 bits per heavy atom. The van der Waals surface area contributed by atoms with Gasteiger partial charge in [-0.1, -0.05) is 0 Å². The van der Waals surface area contributed by atoms with Gasteiger partial charge in [-0.25, -0.2) is 0 Å². The lowest BCUT2D eigenvalue weighted by Gasteiger charge is -2.14. The van der Waals surface area contributed by atoms with Gasteiger partial charge in [0.15, 0.2) is 0 Å². The van der Waals surface area contributed by atoms with E-state index in [-0.39, 0.29) is 0 Å². The maximum Gasteiger partial charge on any atom is 0.0775 e. The number of hydrogen-bond acceptors (Lipinski definition) is 4. The number of ether oxygens (including phenoxy) is 2. The fourth-order valence-electron chi connectivity index (χ4n) is 2.28. The van der Waals surface area contributed by atoms with E-state index in [1.807, 2.05) is 10.9 Å². The van der Waals surface area contributed by atoms with Crippen LogP contribution in [0.2, 0.25) is 0 Å². The summed E-state index contributed by atoms with van der Waals surface area (Å²) in [5, 5.41) is 7.71. The lowest BCUT2D eigenvalue weighted by molar-refractivity contribution is 0.0431. The molecule has 18 heavy (non-hydrogen) atoms. The molecule has 5 nitrogen and oxygen atoms in total. The fourth-order valence-corrected chi connectivity index (χ4v) is 2.28. The van der Waals surface area contributed by atoms with E-state index < -0.39 is 0 Å². The smallest absolute Gasteiger partial charge is 0.0775 e. The van der Waals surface area contributed by atoms with Crippen molar-refractivity contribution < 1.29 is 9.47 Å². The molecule has 0 radical (unpaired) electrons. The van der Waals surface area contributed by atoms with Crippen LogP contribution in [0, 0.1) is 0 Å². The zero-order chi connectivity index (χ0) is 12.8. The van der Waals surface area contributed by atoms with E-state index in [9.17, 15) is 0 Å². The Labute approximate surface area is 108 Å². The number of aromatic nitrogens is 2. The largest absolute Gasteiger partial charge is 0.383 e. The highest BCUT2D eigenvalue weighted by Crippen LogP contribution is 2.20. The van der Waals surface area contributed by atoms with Gasteiger partial charge in [-0.05, 0) is 25.8 Å². The van der Waals surface area contributed by atoms with Crippen molar-refractivity contribution in [2.45, 2.75) is 45.1 Å². The molecule has 1 aliphatic heterocycles. The summed E-state index contributed by atoms with van der Waals surface area (Å²) in [5.41, 5.74) is 1.20. The maximum absolute atomic E-state index is 5.83. The molecule has 1 fully saturated rings. The van der Waals surface area contributed by atoms with Crippen molar-refractivity contribution in [3.8, 4) is 0 Å². The number of nitrogens with zero attached hydrogens (tertiary/aromatic N) is 2. The molecule has 2 unspecified atom stereocenters. The normalized spacial score (nSPS) is 23.7. The van der Waals surface area contributed by atoms with E-state index in [1.165, 1.54) is 5.69 Å². The number of methoxy groups -OCH3 is 1. The predicted molar refractivity (Wildman–Crippen MR) is 69.4 cm³/mol. The van der Waals surface area contributed by atoms with Gasteiger partial charge in [0.05, 0.1) is 31.1 Å². The molecule has 2 rings (SSSR count). The Morgan fingerprint density at radius 2 is 2.44 bits per heavy atom. The van der Waals surface area contributed by atoms with Crippen LogP contribution in [0.1, 0.15) is 25.5 Å². The molecule has 1 aromatic heterocycles. The Kier molecular flexibility index (Phi) is 5.16. The van der Waals surface area contributed by atoms with Crippen molar-refractivity contribution in [3.05, 3.63) is 18.0 Å². The molecule has 2 heterocycles. The van der Waals surface area contributed by atoms with Gasteiger partial charge in [0.2, 0.25) is 0 Å². The zero-order valence-electron chi connectivity index (χ0n) is 11.3. The second kappa shape index (κ2) is 6.87. The molecule has 0 aromatic carbocycles. The average molecular weight is 253 g/mol. The van der Waals surface area contributed by atoms with Crippen molar-refractivity contribution in [3.63, 3.8) is 0 Å². The molecule has 1 aromatic rings. The lowest BCUT2D eigenvalue weighted by atomic mass is 10.2. The summed E-state index contributed by atoms with van der Waals surface area (Å²) >= 11 is 0. The van der Waals surface area contributed by atoms with Gasteiger partial charge in [0.25, 0.3) is 0 Å². The van der Waals surface area contributed by atoms with Gasteiger partial charge in [-0.3, -0.25) is 4.68 Å². The van der Waals surface area contributed by atoms with Gasteiger partial charge >= 0.3 is 0 Å². The van der Waals surface area contributed by atoms with Gasteiger partial charge in [-0.15, -0.1) is 0 Å². The van der Waals surface area contributed by atoms with E-state index in [0.29, 0.717) is 12.2 Å². The Balaban J connectivity index is 1.79. The first kappa shape index (κ1) is 13.5. The van der Waals surface area contributed by atoms with Crippen molar-refractivity contribution >= 4 is 0 Å². The molecule has 0 bridgehead atoms. The minimum atomic E-state index is 0.317. The van der Waals surface area contributed by atoms with Crippen LogP contribution >= 0.6 is 0 Å². The summed E-state index contributed by atoms with van der Waals surface area (Å²) in [4.78, 5) is 0. The van der Waals surface area contributed by atoms with Crippen LogP contribution in [0.25, 0.3) is 0 Å². The molecule has 1 saturated heterocycles. The minimum Gasteiger partial charge on any atom is -0.383 e. The fraction of sp³-hybridized carbons (Fsp3) is 0.769. The molecule has 1 aliphatic rings. The highest BCUT2D eigenvalue weighted by Gasteiger charge is 2.22. The standard InChI is InChI=1S/C13H23N3O2/c1-11-3-4-13(18-11)10-16-12(5-6-15-16)9-14-7-8-17-2/h5-6,11,13-14H,3-4,7-10H2,1-2H3. The highest BCUT2D eigenvalue weighted by atomic mass is 16.5. The number of nitrogens with one attached hydrogen (secondary N) is 1. The van der Waals surface area contributed by atoms with Crippen molar-refractivity contribution in [2.24, 2.45) is 0 Å². The molecule has 1 N–H and O–H groups in total. The van der Waals surface area contributed by atoms with Gasteiger partial charge in [-0.2, -0.15) is 5.10 Å². The van der Waals surface area contributed by atoms with E-state index >= 15 is 0 Å². The van der Waals surface area contributed by atoms with Crippen LogP contribution in [0.15, 0.2) is 12.3 Å². The SMILES string of the molecule is COCCNCc1ccnn1CC1CCC(C)O1. The molecular weight excluding hydrogens is 230 g/mol. The second-order valence-electron chi connectivity index (χ2n) is 4.82. The Bertz CT molecular complexity index is 354. The molecule has 102 valence electrons. The Hall–Kier alpha value is -0.910. The van der Waals surface area contributed by atoms with Crippen LogP contribution in [0.5, 0.6) is 0 Å². The molecule has 0 saturated carbocycles. The Morgan fingerprint density at radius 1 is 1.56 bits per heavy atom. The van der Waals surface area contributed by atoms with E-state index in [4.69, 9.17) is 9.47 Å². The number of rotatable bonds is 7. The molecule has 0 amide bonds. The quantitative estimate of drug-likeness (QED) is 0.742. The zero-order valence-corrected chi connectivity index (χ0v) is 11.3. The number of hydrogen-bond donors (Lipinski definition) is 1. The predicted octanol–water partition coefficient (Wildman–Crippen LogP) is 1.19. The third-order valence-electron chi connectivity index (χ3n) is 3.29. The summed E-state index contributed by atoms with van der Waals surface area (Å²) < 4.78 is 12.9. The van der Waals surface area contributed by atoms with E-state index in [0.717, 1.165) is 39.1 Å². The summed E-state index contributed by atoms with van der Waals surface area (Å²) in [6, 6.07) is 2.05. The highest BCUT2D eigenvalue weighted by molar-refractivity contribution is 5.00. The lowest BCUT2D eigenvalue weighted by Crippen LogP contribution is -2.23. The molecule has 2 atom stereocenters. The average Bonchev–Trinajstić information content (AvgIpc) is 2.95. The van der Waals surface area contributed by atoms with Crippen LogP contribution in [-0.4, -0.2) is 42.2 Å². The topological polar surface area (TPSA) is 48.3 Å². The third-order valence-corrected chi connectivity index (χ3v) is 3.29. The molecule has 0 aliphatic carbocycles. The monoisotopic (exact) mass is 253 g/mol. The van der Waals surface area contributed by atoms with E-state index in [2.05, 4.69) is 23.4 Å². The van der Waals surface area contributed by atoms with Gasteiger partial charge in [0.1, 0.15) is 0 Å². The minimum absolute atomic E-state index is 0.317.